The average Bonchev–Trinajstić information content (AvgIpc) is 2.69. The van der Waals surface area contributed by atoms with E-state index in [0.717, 1.165) is 30.9 Å². The Bertz CT molecular complexity index is 754. The van der Waals surface area contributed by atoms with Gasteiger partial charge in [-0.1, -0.05) is 6.07 Å². The maximum atomic E-state index is 12.3. The van der Waals surface area contributed by atoms with Gasteiger partial charge in [-0.25, -0.2) is 4.98 Å². The van der Waals surface area contributed by atoms with E-state index in [4.69, 9.17) is 15.0 Å². The van der Waals surface area contributed by atoms with Crippen LogP contribution in [0.15, 0.2) is 12.1 Å². The van der Waals surface area contributed by atoms with Crippen LogP contribution in [0.1, 0.15) is 30.5 Å². The van der Waals surface area contributed by atoms with Crippen LogP contribution in [0.3, 0.4) is 0 Å². The number of carboxylic acid groups (broad SMARTS) is 2. The summed E-state index contributed by atoms with van der Waals surface area (Å²) < 4.78 is 0. The third-order valence-electron chi connectivity index (χ3n) is 4.85. The van der Waals surface area contributed by atoms with Crippen molar-refractivity contribution >= 4 is 30.1 Å². The van der Waals surface area contributed by atoms with Crippen molar-refractivity contribution in [3.05, 3.63) is 23.4 Å². The van der Waals surface area contributed by atoms with Gasteiger partial charge in [0.15, 0.2) is 0 Å². The van der Waals surface area contributed by atoms with Crippen LogP contribution >= 0.6 is 0 Å². The SMILES string of the molecule is O=C(O)CN1CCC(C(=O)NCCc2ccc3c(n2)NCCC3)CC1=O.O=CO. The Morgan fingerprint density at radius 2 is 2.14 bits per heavy atom. The first-order valence-electron chi connectivity index (χ1n) is 9.52. The van der Waals surface area contributed by atoms with Gasteiger partial charge < -0.3 is 25.7 Å². The number of nitrogens with one attached hydrogen (secondary N) is 2. The van der Waals surface area contributed by atoms with E-state index < -0.39 is 5.97 Å². The molecule has 0 radical (unpaired) electrons. The lowest BCUT2D eigenvalue weighted by molar-refractivity contribution is -0.147. The van der Waals surface area contributed by atoms with Gasteiger partial charge in [0.2, 0.25) is 11.8 Å². The third kappa shape index (κ3) is 6.74. The quantitative estimate of drug-likeness (QED) is 0.487. The second-order valence-electron chi connectivity index (χ2n) is 6.89. The fraction of sp³-hybridized carbons (Fsp3) is 0.526. The standard InChI is InChI=1S/C18H24N4O4.CH2O2/c23-15-10-13(6-9-22(15)11-16(24)25)18(26)20-8-5-14-4-3-12-2-1-7-19-17(12)21-14;2-1-3/h3-4,13H,1-2,5-11H2,(H,19,21)(H,20,26)(H,24,25);1H,(H,2,3). The number of hydrogen-bond acceptors (Lipinski definition) is 6. The average molecular weight is 406 g/mol. The van der Waals surface area contributed by atoms with E-state index >= 15 is 0 Å². The molecule has 10 nitrogen and oxygen atoms in total. The van der Waals surface area contributed by atoms with Crippen LogP contribution in [-0.4, -0.2) is 70.5 Å². The number of aryl methyl sites for hydroxylation is 1. The van der Waals surface area contributed by atoms with Crippen molar-refractivity contribution in [2.75, 3.05) is 31.5 Å². The Hall–Kier alpha value is -3.17. The van der Waals surface area contributed by atoms with Crippen molar-refractivity contribution in [1.82, 2.24) is 15.2 Å². The van der Waals surface area contributed by atoms with Gasteiger partial charge in [-0.05, 0) is 30.9 Å². The molecule has 4 N–H and O–H groups in total. The number of amides is 2. The highest BCUT2D eigenvalue weighted by atomic mass is 16.4. The number of piperidine rings is 1. The number of carbonyl (C=O) groups is 4. The number of pyridine rings is 1. The molecule has 3 heterocycles. The van der Waals surface area contributed by atoms with Crippen molar-refractivity contribution in [3.63, 3.8) is 0 Å². The summed E-state index contributed by atoms with van der Waals surface area (Å²) in [5.74, 6) is -0.902. The summed E-state index contributed by atoms with van der Waals surface area (Å²) in [6.45, 7) is 1.16. The van der Waals surface area contributed by atoms with Crippen LogP contribution in [0.25, 0.3) is 0 Å². The van der Waals surface area contributed by atoms with E-state index in [-0.39, 0.29) is 37.2 Å². The zero-order chi connectivity index (χ0) is 21.2. The van der Waals surface area contributed by atoms with Crippen LogP contribution in [0.2, 0.25) is 0 Å². The first kappa shape index (κ1) is 22.1. The Labute approximate surface area is 168 Å². The first-order valence-corrected chi connectivity index (χ1v) is 9.52. The summed E-state index contributed by atoms with van der Waals surface area (Å²) in [5, 5.41) is 21.8. The van der Waals surface area contributed by atoms with Crippen molar-refractivity contribution < 1.29 is 29.4 Å². The second-order valence-corrected chi connectivity index (χ2v) is 6.89. The van der Waals surface area contributed by atoms with Gasteiger partial charge in [-0.3, -0.25) is 19.2 Å². The Morgan fingerprint density at radius 3 is 2.83 bits per heavy atom. The molecule has 2 aliphatic heterocycles. The summed E-state index contributed by atoms with van der Waals surface area (Å²) >= 11 is 0. The highest BCUT2D eigenvalue weighted by molar-refractivity contribution is 5.88. The van der Waals surface area contributed by atoms with Gasteiger partial charge in [-0.2, -0.15) is 0 Å². The van der Waals surface area contributed by atoms with Gasteiger partial charge in [0.05, 0.1) is 0 Å². The van der Waals surface area contributed by atoms with Crippen LogP contribution in [0.4, 0.5) is 5.82 Å². The van der Waals surface area contributed by atoms with Crippen LogP contribution in [0, 0.1) is 5.92 Å². The topological polar surface area (TPSA) is 149 Å². The van der Waals surface area contributed by atoms with Gasteiger partial charge in [-0.15, -0.1) is 0 Å². The summed E-state index contributed by atoms with van der Waals surface area (Å²) in [4.78, 5) is 49.2. The first-order chi connectivity index (χ1) is 13.9. The number of rotatable bonds is 6. The summed E-state index contributed by atoms with van der Waals surface area (Å²) in [6, 6.07) is 4.08. The largest absolute Gasteiger partial charge is 0.483 e. The molecule has 1 atom stereocenters. The monoisotopic (exact) mass is 406 g/mol. The normalized spacial score (nSPS) is 17.9. The molecule has 2 amide bonds. The zero-order valence-electron chi connectivity index (χ0n) is 16.1. The molecular formula is C19H26N4O6. The number of carbonyl (C=O) groups excluding carboxylic acids is 2. The molecule has 10 heteroatoms. The molecule has 29 heavy (non-hydrogen) atoms. The molecule has 3 rings (SSSR count). The van der Waals surface area contributed by atoms with E-state index in [1.807, 2.05) is 6.07 Å². The van der Waals surface area contributed by atoms with E-state index in [1.165, 1.54) is 10.5 Å². The number of aliphatic carboxylic acids is 1. The lowest BCUT2D eigenvalue weighted by atomic mass is 9.95. The molecule has 0 aliphatic carbocycles. The van der Waals surface area contributed by atoms with E-state index in [9.17, 15) is 14.4 Å². The highest BCUT2D eigenvalue weighted by Crippen LogP contribution is 2.20. The lowest BCUT2D eigenvalue weighted by Gasteiger charge is -2.29. The van der Waals surface area contributed by atoms with Crippen molar-refractivity contribution in [1.29, 1.82) is 0 Å². The number of fused-ring (bicyclic) bond motifs is 1. The Kier molecular flexibility index (Phi) is 8.38. The molecule has 0 aromatic carbocycles. The fourth-order valence-corrected chi connectivity index (χ4v) is 3.40. The molecule has 1 saturated heterocycles. The van der Waals surface area contributed by atoms with Crippen molar-refractivity contribution in [2.45, 2.75) is 32.1 Å². The van der Waals surface area contributed by atoms with E-state index in [0.29, 0.717) is 25.9 Å². The molecule has 158 valence electrons. The smallest absolute Gasteiger partial charge is 0.323 e. The number of carboxylic acids is 1. The van der Waals surface area contributed by atoms with Crippen LogP contribution in [0.5, 0.6) is 0 Å². The molecule has 0 bridgehead atoms. The maximum Gasteiger partial charge on any atom is 0.323 e. The van der Waals surface area contributed by atoms with E-state index in [1.54, 1.807) is 0 Å². The predicted octanol–water partition coefficient (Wildman–Crippen LogP) is 0.122. The molecule has 0 spiro atoms. The Balaban J connectivity index is 0.000000941. The zero-order valence-corrected chi connectivity index (χ0v) is 16.1. The molecule has 2 aliphatic rings. The predicted molar refractivity (Wildman–Crippen MR) is 103 cm³/mol. The van der Waals surface area contributed by atoms with Crippen molar-refractivity contribution in [3.8, 4) is 0 Å². The van der Waals surface area contributed by atoms with Crippen molar-refractivity contribution in [2.24, 2.45) is 5.92 Å². The van der Waals surface area contributed by atoms with Crippen LogP contribution < -0.4 is 10.6 Å². The molecule has 1 unspecified atom stereocenters. The number of hydrogen-bond donors (Lipinski definition) is 4. The fourth-order valence-electron chi connectivity index (χ4n) is 3.40. The van der Waals surface area contributed by atoms with Crippen LogP contribution in [-0.2, 0) is 32.0 Å². The molecule has 1 fully saturated rings. The molecule has 1 aromatic rings. The van der Waals surface area contributed by atoms with Gasteiger partial charge >= 0.3 is 5.97 Å². The molecule has 1 aromatic heterocycles. The number of aromatic nitrogens is 1. The summed E-state index contributed by atoms with van der Waals surface area (Å²) in [7, 11) is 0. The minimum atomic E-state index is -1.03. The van der Waals surface area contributed by atoms with Gasteiger partial charge in [0.25, 0.3) is 6.47 Å². The highest BCUT2D eigenvalue weighted by Gasteiger charge is 2.31. The maximum absolute atomic E-state index is 12.3. The third-order valence-corrected chi connectivity index (χ3v) is 4.85. The lowest BCUT2D eigenvalue weighted by Crippen LogP contribution is -2.45. The van der Waals surface area contributed by atoms with Gasteiger partial charge in [0.1, 0.15) is 12.4 Å². The van der Waals surface area contributed by atoms with Gasteiger partial charge in [0, 0.05) is 44.1 Å². The van der Waals surface area contributed by atoms with E-state index in [2.05, 4.69) is 21.7 Å². The second kappa shape index (κ2) is 11.0. The minimum absolute atomic E-state index is 0.0696. The Morgan fingerprint density at radius 1 is 1.38 bits per heavy atom. The summed E-state index contributed by atoms with van der Waals surface area (Å²) in [6.07, 6.45) is 3.35. The number of nitrogens with zero attached hydrogens (tertiary/aromatic N) is 2. The number of anilines is 1. The minimum Gasteiger partial charge on any atom is -0.483 e. The summed E-state index contributed by atoms with van der Waals surface area (Å²) in [5.41, 5.74) is 2.15. The number of likely N-dealkylation sites (tertiary alicyclic amines) is 1. The molecule has 0 saturated carbocycles. The molecular weight excluding hydrogens is 380 g/mol.